The largest absolute Gasteiger partial charge is 0.309 e. The Balaban J connectivity index is 2.19. The van der Waals surface area contributed by atoms with Gasteiger partial charge in [0.25, 0.3) is 0 Å². The standard InChI is InChI=1S/C22H21OP/c1-18-10-6-8-14-21(18)24(23,22-15-9-7-11-19(22)2)17-16-20-12-4-3-5-13-20/h3-17H,1-2H3/b17-16-. The second-order valence-electron chi connectivity index (χ2n) is 5.96. The highest BCUT2D eigenvalue weighted by Crippen LogP contribution is 2.47. The Kier molecular flexibility index (Phi) is 4.83. The summed E-state index contributed by atoms with van der Waals surface area (Å²) in [6, 6.07) is 25.9. The van der Waals surface area contributed by atoms with E-state index >= 15 is 0 Å². The fourth-order valence-corrected chi connectivity index (χ4v) is 5.69. The summed E-state index contributed by atoms with van der Waals surface area (Å²) in [6.45, 7) is 4.05. The van der Waals surface area contributed by atoms with Crippen molar-refractivity contribution in [2.75, 3.05) is 0 Å². The Morgan fingerprint density at radius 1 is 0.667 bits per heavy atom. The van der Waals surface area contributed by atoms with Gasteiger partial charge in [-0.1, -0.05) is 84.9 Å². The number of aryl methyl sites for hydroxylation is 2. The Labute approximate surface area is 144 Å². The lowest BCUT2D eigenvalue weighted by Crippen LogP contribution is -2.18. The van der Waals surface area contributed by atoms with Crippen molar-refractivity contribution < 1.29 is 4.57 Å². The molecule has 0 aliphatic heterocycles. The van der Waals surface area contributed by atoms with Crippen molar-refractivity contribution in [3.8, 4) is 0 Å². The van der Waals surface area contributed by atoms with Crippen LogP contribution in [0.3, 0.4) is 0 Å². The number of hydrogen-bond acceptors (Lipinski definition) is 1. The molecule has 0 bridgehead atoms. The zero-order valence-electron chi connectivity index (χ0n) is 14.0. The first kappa shape index (κ1) is 16.5. The minimum atomic E-state index is -2.85. The number of benzene rings is 3. The smallest absolute Gasteiger partial charge is 0.164 e. The van der Waals surface area contributed by atoms with Crippen LogP contribution in [0.25, 0.3) is 6.08 Å². The molecular formula is C22H21OP. The molecule has 1 nitrogen and oxygen atoms in total. The Morgan fingerprint density at radius 2 is 1.12 bits per heavy atom. The van der Waals surface area contributed by atoms with Gasteiger partial charge in [-0.3, -0.25) is 0 Å². The zero-order valence-corrected chi connectivity index (χ0v) is 14.9. The van der Waals surface area contributed by atoms with E-state index in [2.05, 4.69) is 0 Å². The third kappa shape index (κ3) is 3.27. The van der Waals surface area contributed by atoms with Gasteiger partial charge in [-0.2, -0.15) is 0 Å². The normalized spacial score (nSPS) is 11.8. The van der Waals surface area contributed by atoms with Crippen LogP contribution in [-0.2, 0) is 4.57 Å². The van der Waals surface area contributed by atoms with Crippen LogP contribution in [0.5, 0.6) is 0 Å². The van der Waals surface area contributed by atoms with Crippen molar-refractivity contribution in [1.29, 1.82) is 0 Å². The van der Waals surface area contributed by atoms with Crippen LogP contribution in [0.2, 0.25) is 0 Å². The fraction of sp³-hybridized carbons (Fsp3) is 0.0909. The molecule has 0 aromatic heterocycles. The van der Waals surface area contributed by atoms with Crippen LogP contribution < -0.4 is 10.6 Å². The minimum Gasteiger partial charge on any atom is -0.309 e. The molecule has 0 spiro atoms. The summed E-state index contributed by atoms with van der Waals surface area (Å²) >= 11 is 0. The van der Waals surface area contributed by atoms with Crippen LogP contribution in [0.1, 0.15) is 16.7 Å². The molecule has 0 N–H and O–H groups in total. The predicted molar refractivity (Wildman–Crippen MR) is 105 cm³/mol. The van der Waals surface area contributed by atoms with E-state index in [-0.39, 0.29) is 0 Å². The maximum Gasteiger partial charge on any atom is 0.164 e. The van der Waals surface area contributed by atoms with Crippen LogP contribution in [0, 0.1) is 13.8 Å². The van der Waals surface area contributed by atoms with E-state index in [9.17, 15) is 4.57 Å². The highest BCUT2D eigenvalue weighted by molar-refractivity contribution is 7.81. The second-order valence-corrected chi connectivity index (χ2v) is 8.54. The third-order valence-electron chi connectivity index (χ3n) is 4.22. The first-order valence-corrected chi connectivity index (χ1v) is 9.85. The average molecular weight is 332 g/mol. The average Bonchev–Trinajstić information content (AvgIpc) is 2.61. The molecule has 24 heavy (non-hydrogen) atoms. The van der Waals surface area contributed by atoms with Crippen LogP contribution in [-0.4, -0.2) is 0 Å². The number of rotatable bonds is 4. The molecule has 0 heterocycles. The second kappa shape index (κ2) is 7.03. The summed E-state index contributed by atoms with van der Waals surface area (Å²) < 4.78 is 14.1. The molecule has 3 aromatic carbocycles. The molecule has 0 aliphatic rings. The van der Waals surface area contributed by atoms with Crippen LogP contribution >= 0.6 is 7.14 Å². The Morgan fingerprint density at radius 3 is 1.62 bits per heavy atom. The quantitative estimate of drug-likeness (QED) is 0.593. The highest BCUT2D eigenvalue weighted by Gasteiger charge is 2.27. The molecule has 0 amide bonds. The predicted octanol–water partition coefficient (Wildman–Crippen LogP) is 5.29. The molecule has 3 aromatic rings. The van der Waals surface area contributed by atoms with Crippen molar-refractivity contribution in [3.63, 3.8) is 0 Å². The molecule has 0 saturated heterocycles. The van der Waals surface area contributed by atoms with Crippen LogP contribution in [0.4, 0.5) is 0 Å². The van der Waals surface area contributed by atoms with Gasteiger partial charge in [-0.15, -0.1) is 0 Å². The van der Waals surface area contributed by atoms with E-state index in [1.165, 1.54) is 0 Å². The summed E-state index contributed by atoms with van der Waals surface area (Å²) in [5, 5.41) is 1.82. The summed E-state index contributed by atoms with van der Waals surface area (Å²) in [7, 11) is -2.85. The monoisotopic (exact) mass is 332 g/mol. The maximum absolute atomic E-state index is 14.1. The molecule has 3 rings (SSSR count). The van der Waals surface area contributed by atoms with E-state index in [0.29, 0.717) is 0 Å². The van der Waals surface area contributed by atoms with Gasteiger partial charge >= 0.3 is 0 Å². The highest BCUT2D eigenvalue weighted by atomic mass is 31.2. The third-order valence-corrected chi connectivity index (χ3v) is 7.23. The molecule has 2 heteroatoms. The van der Waals surface area contributed by atoms with Crippen molar-refractivity contribution in [2.24, 2.45) is 0 Å². The molecule has 0 atom stereocenters. The maximum atomic E-state index is 14.1. The van der Waals surface area contributed by atoms with E-state index in [1.807, 2.05) is 105 Å². The molecule has 0 fully saturated rings. The summed E-state index contributed by atoms with van der Waals surface area (Å²) in [5.74, 6) is 1.90. The van der Waals surface area contributed by atoms with Gasteiger partial charge in [0.1, 0.15) is 0 Å². The van der Waals surface area contributed by atoms with E-state index in [4.69, 9.17) is 0 Å². The summed E-state index contributed by atoms with van der Waals surface area (Å²) in [4.78, 5) is 0. The molecule has 0 saturated carbocycles. The zero-order chi connectivity index (χ0) is 17.0. The first-order valence-electron chi connectivity index (χ1n) is 8.08. The van der Waals surface area contributed by atoms with Crippen molar-refractivity contribution in [1.82, 2.24) is 0 Å². The van der Waals surface area contributed by atoms with Gasteiger partial charge < -0.3 is 4.57 Å². The van der Waals surface area contributed by atoms with Gasteiger partial charge in [0.15, 0.2) is 7.14 Å². The molecule has 120 valence electrons. The molecular weight excluding hydrogens is 311 g/mol. The van der Waals surface area contributed by atoms with E-state index < -0.39 is 7.14 Å². The van der Waals surface area contributed by atoms with Gasteiger partial charge in [-0.05, 0) is 36.4 Å². The Bertz CT molecular complexity index is 861. The minimum absolute atomic E-state index is 0.909. The van der Waals surface area contributed by atoms with E-state index in [1.54, 1.807) is 0 Å². The lowest BCUT2D eigenvalue weighted by atomic mass is 10.2. The lowest BCUT2D eigenvalue weighted by molar-refractivity contribution is 0.592. The van der Waals surface area contributed by atoms with E-state index in [0.717, 1.165) is 27.3 Å². The number of hydrogen-bond donors (Lipinski definition) is 0. The van der Waals surface area contributed by atoms with Crippen molar-refractivity contribution in [2.45, 2.75) is 13.8 Å². The summed E-state index contributed by atoms with van der Waals surface area (Å²) in [5.41, 5.74) is 3.17. The SMILES string of the molecule is Cc1ccccc1P(=O)(/C=C\c1ccccc1)c1ccccc1C. The molecule has 0 aliphatic carbocycles. The Hall–Kier alpha value is -2.37. The lowest BCUT2D eigenvalue weighted by Gasteiger charge is -2.19. The topological polar surface area (TPSA) is 17.1 Å². The van der Waals surface area contributed by atoms with Crippen molar-refractivity contribution in [3.05, 3.63) is 101 Å². The first-order chi connectivity index (χ1) is 11.6. The summed E-state index contributed by atoms with van der Waals surface area (Å²) in [6.07, 6.45) is 1.97. The van der Waals surface area contributed by atoms with Gasteiger partial charge in [0, 0.05) is 10.6 Å². The van der Waals surface area contributed by atoms with Crippen LogP contribution in [0.15, 0.2) is 84.7 Å². The van der Waals surface area contributed by atoms with Gasteiger partial charge in [0.05, 0.1) is 0 Å². The van der Waals surface area contributed by atoms with Crippen molar-refractivity contribution >= 4 is 23.8 Å². The molecule has 0 unspecified atom stereocenters. The van der Waals surface area contributed by atoms with Gasteiger partial charge in [0.2, 0.25) is 0 Å². The van der Waals surface area contributed by atoms with Gasteiger partial charge in [-0.25, -0.2) is 0 Å². The molecule has 0 radical (unpaired) electrons. The fourth-order valence-electron chi connectivity index (χ4n) is 2.92.